The van der Waals surface area contributed by atoms with Crippen molar-refractivity contribution >= 4 is 21.1 Å². The molecule has 0 aliphatic heterocycles. The van der Waals surface area contributed by atoms with E-state index in [1.165, 1.54) is 29.3 Å². The summed E-state index contributed by atoms with van der Waals surface area (Å²) in [5, 5.41) is 14.5. The number of benzene rings is 1. The van der Waals surface area contributed by atoms with Crippen molar-refractivity contribution < 1.29 is 8.42 Å². The van der Waals surface area contributed by atoms with E-state index >= 15 is 0 Å². The van der Waals surface area contributed by atoms with Crippen LogP contribution in [0.15, 0.2) is 60.1 Å². The van der Waals surface area contributed by atoms with Gasteiger partial charge in [-0.25, -0.2) is 22.4 Å². The third-order valence-electron chi connectivity index (χ3n) is 6.49. The van der Waals surface area contributed by atoms with E-state index in [-0.39, 0.29) is 10.9 Å². The monoisotopic (exact) mass is 460 g/mol. The number of aryl methyl sites for hydroxylation is 1. The van der Waals surface area contributed by atoms with Crippen molar-refractivity contribution in [3.05, 3.63) is 60.8 Å². The number of rotatable bonds is 6. The van der Waals surface area contributed by atoms with E-state index in [0.29, 0.717) is 29.1 Å². The third-order valence-corrected chi connectivity index (χ3v) is 8.17. The first-order chi connectivity index (χ1) is 16.0. The molecule has 168 valence electrons. The lowest BCUT2D eigenvalue weighted by Crippen LogP contribution is -2.17. The SMILES string of the molecule is Cc1ccc(S(=O)(=O)n2ccc3c(-c4cnn([C@H](CC#N)C5CCCC5)c4)ncnc32)cc1. The lowest BCUT2D eigenvalue weighted by atomic mass is 9.96. The van der Waals surface area contributed by atoms with Crippen LogP contribution in [0.2, 0.25) is 0 Å². The second-order valence-electron chi connectivity index (χ2n) is 8.57. The molecule has 0 amide bonds. The number of nitriles is 1. The van der Waals surface area contributed by atoms with E-state index in [4.69, 9.17) is 0 Å². The Bertz CT molecular complexity index is 1440. The van der Waals surface area contributed by atoms with Crippen LogP contribution in [0.5, 0.6) is 0 Å². The Kier molecular flexibility index (Phi) is 5.46. The van der Waals surface area contributed by atoms with Crippen molar-refractivity contribution in [2.45, 2.75) is 50.0 Å². The Balaban J connectivity index is 1.54. The van der Waals surface area contributed by atoms with Gasteiger partial charge in [0.2, 0.25) is 0 Å². The maximum Gasteiger partial charge on any atom is 0.269 e. The summed E-state index contributed by atoms with van der Waals surface area (Å²) in [4.78, 5) is 8.91. The normalized spacial score (nSPS) is 15.6. The number of aromatic nitrogens is 5. The van der Waals surface area contributed by atoms with Crippen LogP contribution < -0.4 is 0 Å². The molecule has 0 saturated heterocycles. The van der Waals surface area contributed by atoms with Gasteiger partial charge in [-0.2, -0.15) is 10.4 Å². The van der Waals surface area contributed by atoms with Crippen LogP contribution in [0, 0.1) is 24.2 Å². The molecule has 4 aromatic rings. The van der Waals surface area contributed by atoms with E-state index in [1.54, 1.807) is 36.5 Å². The smallest absolute Gasteiger partial charge is 0.268 e. The average molecular weight is 461 g/mol. The molecule has 1 aromatic carbocycles. The molecule has 33 heavy (non-hydrogen) atoms. The first-order valence-corrected chi connectivity index (χ1v) is 12.5. The second-order valence-corrected chi connectivity index (χ2v) is 10.4. The van der Waals surface area contributed by atoms with E-state index in [1.807, 2.05) is 17.8 Å². The Labute approximate surface area is 192 Å². The maximum absolute atomic E-state index is 13.2. The lowest BCUT2D eigenvalue weighted by molar-refractivity contribution is 0.315. The molecule has 9 heteroatoms. The summed E-state index contributed by atoms with van der Waals surface area (Å²) < 4.78 is 29.5. The van der Waals surface area contributed by atoms with Crippen LogP contribution in [-0.2, 0) is 10.0 Å². The number of fused-ring (bicyclic) bond motifs is 1. The molecule has 0 unspecified atom stereocenters. The Morgan fingerprint density at radius 2 is 1.91 bits per heavy atom. The quantitative estimate of drug-likeness (QED) is 0.420. The van der Waals surface area contributed by atoms with Gasteiger partial charge in [0.05, 0.1) is 35.3 Å². The van der Waals surface area contributed by atoms with Gasteiger partial charge < -0.3 is 0 Å². The third kappa shape index (κ3) is 3.80. The van der Waals surface area contributed by atoms with Crippen LogP contribution in [0.25, 0.3) is 22.3 Å². The minimum atomic E-state index is -3.80. The summed E-state index contributed by atoms with van der Waals surface area (Å²) in [5.41, 5.74) is 2.69. The van der Waals surface area contributed by atoms with Gasteiger partial charge in [0.15, 0.2) is 5.65 Å². The van der Waals surface area contributed by atoms with Gasteiger partial charge >= 0.3 is 0 Å². The van der Waals surface area contributed by atoms with Gasteiger partial charge in [0, 0.05) is 23.3 Å². The lowest BCUT2D eigenvalue weighted by Gasteiger charge is -2.21. The highest BCUT2D eigenvalue weighted by atomic mass is 32.2. The molecule has 0 spiro atoms. The highest BCUT2D eigenvalue weighted by Crippen LogP contribution is 2.37. The molecule has 0 N–H and O–H groups in total. The number of nitrogens with zero attached hydrogens (tertiary/aromatic N) is 6. The van der Waals surface area contributed by atoms with Crippen LogP contribution in [0.3, 0.4) is 0 Å². The van der Waals surface area contributed by atoms with E-state index in [0.717, 1.165) is 24.0 Å². The fourth-order valence-corrected chi connectivity index (χ4v) is 6.03. The van der Waals surface area contributed by atoms with E-state index in [2.05, 4.69) is 21.1 Å². The van der Waals surface area contributed by atoms with Crippen molar-refractivity contribution in [3.8, 4) is 17.3 Å². The molecule has 0 radical (unpaired) electrons. The van der Waals surface area contributed by atoms with Gasteiger partial charge in [-0.1, -0.05) is 30.5 Å². The molecular formula is C24H24N6O2S. The van der Waals surface area contributed by atoms with Crippen molar-refractivity contribution in [3.63, 3.8) is 0 Å². The minimum Gasteiger partial charge on any atom is -0.268 e. The number of hydrogen-bond acceptors (Lipinski definition) is 6. The summed E-state index contributed by atoms with van der Waals surface area (Å²) in [6, 6.07) is 10.8. The second kappa shape index (κ2) is 8.45. The van der Waals surface area contributed by atoms with Crippen molar-refractivity contribution in [2.75, 3.05) is 0 Å². The van der Waals surface area contributed by atoms with Crippen molar-refractivity contribution in [2.24, 2.45) is 5.92 Å². The Morgan fingerprint density at radius 1 is 1.15 bits per heavy atom. The molecular weight excluding hydrogens is 436 g/mol. The molecule has 8 nitrogen and oxygen atoms in total. The Hall–Kier alpha value is -3.51. The predicted molar refractivity (Wildman–Crippen MR) is 124 cm³/mol. The molecule has 1 saturated carbocycles. The van der Waals surface area contributed by atoms with E-state index < -0.39 is 10.0 Å². The van der Waals surface area contributed by atoms with Gasteiger partial charge in [0.1, 0.15) is 6.33 Å². The van der Waals surface area contributed by atoms with Gasteiger partial charge in [0.25, 0.3) is 10.0 Å². The molecule has 3 heterocycles. The van der Waals surface area contributed by atoms with Crippen LogP contribution >= 0.6 is 0 Å². The zero-order valence-corrected chi connectivity index (χ0v) is 19.1. The van der Waals surface area contributed by atoms with Crippen molar-refractivity contribution in [1.82, 2.24) is 23.7 Å². The zero-order valence-electron chi connectivity index (χ0n) is 18.3. The molecule has 1 aliphatic rings. The molecule has 1 aliphatic carbocycles. The van der Waals surface area contributed by atoms with Gasteiger partial charge in [-0.05, 0) is 43.9 Å². The fourth-order valence-electron chi connectivity index (χ4n) is 4.73. The minimum absolute atomic E-state index is 0.0371. The topological polar surface area (TPSA) is 106 Å². The highest BCUT2D eigenvalue weighted by molar-refractivity contribution is 7.90. The van der Waals surface area contributed by atoms with Crippen LogP contribution in [0.1, 0.15) is 43.7 Å². The molecule has 1 atom stereocenters. The van der Waals surface area contributed by atoms with E-state index in [9.17, 15) is 13.7 Å². The first kappa shape index (κ1) is 21.3. The highest BCUT2D eigenvalue weighted by Gasteiger charge is 2.27. The zero-order chi connectivity index (χ0) is 23.0. The number of hydrogen-bond donors (Lipinski definition) is 0. The average Bonchev–Trinajstić information content (AvgIpc) is 3.58. The summed E-state index contributed by atoms with van der Waals surface area (Å²) in [7, 11) is -3.80. The molecule has 1 fully saturated rings. The molecule has 3 aromatic heterocycles. The van der Waals surface area contributed by atoms with Crippen LogP contribution in [0.4, 0.5) is 0 Å². The fraction of sp³-hybridized carbons (Fsp3) is 0.333. The summed E-state index contributed by atoms with van der Waals surface area (Å²) in [6.07, 6.45) is 11.5. The summed E-state index contributed by atoms with van der Waals surface area (Å²) >= 11 is 0. The molecule has 0 bridgehead atoms. The van der Waals surface area contributed by atoms with Gasteiger partial charge in [-0.3, -0.25) is 4.68 Å². The standard InChI is InChI=1S/C24H24N6O2S/c1-17-6-8-20(9-7-17)33(31,32)30-13-11-21-23(26-16-27-24(21)30)19-14-28-29(15-19)22(10-12-25)18-4-2-3-5-18/h6-9,11,13-16,18,22H,2-5,10H2,1H3/t22-/m1/s1. The summed E-state index contributed by atoms with van der Waals surface area (Å²) in [5.74, 6) is 0.448. The Morgan fingerprint density at radius 3 is 2.64 bits per heavy atom. The van der Waals surface area contributed by atoms with Gasteiger partial charge in [-0.15, -0.1) is 0 Å². The van der Waals surface area contributed by atoms with Crippen molar-refractivity contribution in [1.29, 1.82) is 5.26 Å². The maximum atomic E-state index is 13.2. The first-order valence-electron chi connectivity index (χ1n) is 11.0. The summed E-state index contributed by atoms with van der Waals surface area (Å²) in [6.45, 7) is 1.91. The molecule has 5 rings (SSSR count). The largest absolute Gasteiger partial charge is 0.269 e. The van der Waals surface area contributed by atoms with Crippen LogP contribution in [-0.4, -0.2) is 32.1 Å². The predicted octanol–water partition coefficient (Wildman–Crippen LogP) is 4.49.